The van der Waals surface area contributed by atoms with Crippen molar-refractivity contribution in [2.45, 2.75) is 30.9 Å². The Labute approximate surface area is 157 Å². The molecule has 0 bridgehead atoms. The van der Waals surface area contributed by atoms with E-state index >= 15 is 0 Å². The maximum Gasteiger partial charge on any atom is 0.238 e. The summed E-state index contributed by atoms with van der Waals surface area (Å²) in [5, 5.41) is 7.69. The average Bonchev–Trinajstić information content (AvgIpc) is 2.56. The van der Waals surface area contributed by atoms with E-state index in [0.717, 1.165) is 5.56 Å². The largest absolute Gasteiger partial charge is 0.325 e. The van der Waals surface area contributed by atoms with Gasteiger partial charge in [-0.3, -0.25) is 4.79 Å². The molecule has 0 heterocycles. The molecule has 0 spiro atoms. The number of amides is 1. The zero-order chi connectivity index (χ0) is 19.5. The number of hydrogen-bond donors (Lipinski definition) is 2. The maximum absolute atomic E-state index is 13.8. The van der Waals surface area contributed by atoms with Crippen LogP contribution >= 0.6 is 11.8 Å². The summed E-state index contributed by atoms with van der Waals surface area (Å²) in [7, 11) is -3.87. The number of aryl methyl sites for hydroxylation is 1. The van der Waals surface area contributed by atoms with Gasteiger partial charge in [-0.25, -0.2) is 17.9 Å². The number of halogens is 1. The van der Waals surface area contributed by atoms with E-state index in [2.05, 4.69) is 5.32 Å². The first-order chi connectivity index (χ1) is 12.1. The molecular weight excluding hydrogens is 375 g/mol. The lowest BCUT2D eigenvalue weighted by Gasteiger charge is -2.15. The Bertz CT molecular complexity index is 930. The molecular formula is C18H21FN2O3S2. The Kier molecular flexibility index (Phi) is 6.44. The van der Waals surface area contributed by atoms with Crippen molar-refractivity contribution < 1.29 is 17.6 Å². The zero-order valence-corrected chi connectivity index (χ0v) is 16.4. The number of nitrogens with one attached hydrogen (secondary N) is 1. The van der Waals surface area contributed by atoms with Gasteiger partial charge in [0, 0.05) is 16.5 Å². The molecule has 8 heteroatoms. The SMILES string of the molecule is Cc1cc(S(N)(=O)=O)cc(NC(=O)CSC(C)c2ccccc2F)c1C. The molecule has 2 aromatic carbocycles. The first-order valence-electron chi connectivity index (χ1n) is 7.89. The van der Waals surface area contributed by atoms with E-state index in [0.29, 0.717) is 16.8 Å². The van der Waals surface area contributed by atoms with Crippen LogP contribution in [0.4, 0.5) is 10.1 Å². The Morgan fingerprint density at radius 2 is 1.92 bits per heavy atom. The second kappa shape index (κ2) is 8.20. The van der Waals surface area contributed by atoms with Crippen molar-refractivity contribution >= 4 is 33.4 Å². The van der Waals surface area contributed by atoms with E-state index in [1.807, 2.05) is 6.92 Å². The van der Waals surface area contributed by atoms with Gasteiger partial charge in [-0.2, -0.15) is 0 Å². The van der Waals surface area contributed by atoms with Crippen molar-refractivity contribution in [3.63, 3.8) is 0 Å². The summed E-state index contributed by atoms with van der Waals surface area (Å²) in [4.78, 5) is 12.2. The molecule has 2 rings (SSSR count). The number of carbonyl (C=O) groups excluding carboxylic acids is 1. The van der Waals surface area contributed by atoms with E-state index in [4.69, 9.17) is 5.14 Å². The summed E-state index contributed by atoms with van der Waals surface area (Å²) in [6.45, 7) is 5.36. The van der Waals surface area contributed by atoms with Crippen molar-refractivity contribution in [3.05, 3.63) is 58.9 Å². The van der Waals surface area contributed by atoms with E-state index in [-0.39, 0.29) is 27.6 Å². The molecule has 2 aromatic rings. The fourth-order valence-corrected chi connectivity index (χ4v) is 3.87. The molecule has 0 aliphatic carbocycles. The molecule has 0 aromatic heterocycles. The van der Waals surface area contributed by atoms with Gasteiger partial charge in [-0.05, 0) is 50.1 Å². The second-order valence-electron chi connectivity index (χ2n) is 5.98. The lowest BCUT2D eigenvalue weighted by atomic mass is 10.1. The Hall–Kier alpha value is -1.90. The number of rotatable bonds is 6. The van der Waals surface area contributed by atoms with Crippen LogP contribution in [0.25, 0.3) is 0 Å². The summed E-state index contributed by atoms with van der Waals surface area (Å²) in [5.41, 5.74) is 2.41. The first kappa shape index (κ1) is 20.4. The van der Waals surface area contributed by atoms with Crippen molar-refractivity contribution in [3.8, 4) is 0 Å². The quantitative estimate of drug-likeness (QED) is 0.782. The highest BCUT2D eigenvalue weighted by molar-refractivity contribution is 8.00. The van der Waals surface area contributed by atoms with E-state index < -0.39 is 10.0 Å². The zero-order valence-electron chi connectivity index (χ0n) is 14.7. The maximum atomic E-state index is 13.8. The highest BCUT2D eigenvalue weighted by atomic mass is 32.2. The molecule has 0 saturated carbocycles. The first-order valence-corrected chi connectivity index (χ1v) is 10.5. The van der Waals surface area contributed by atoms with Gasteiger partial charge in [0.15, 0.2) is 0 Å². The minimum absolute atomic E-state index is 0.0525. The minimum Gasteiger partial charge on any atom is -0.325 e. The van der Waals surface area contributed by atoms with Crippen LogP contribution in [0, 0.1) is 19.7 Å². The van der Waals surface area contributed by atoms with Crippen LogP contribution in [-0.4, -0.2) is 20.1 Å². The summed E-state index contributed by atoms with van der Waals surface area (Å²) in [6, 6.07) is 9.26. The predicted molar refractivity (Wildman–Crippen MR) is 103 cm³/mol. The van der Waals surface area contributed by atoms with E-state index in [9.17, 15) is 17.6 Å². The number of hydrogen-bond acceptors (Lipinski definition) is 4. The lowest BCUT2D eigenvalue weighted by Crippen LogP contribution is -2.18. The van der Waals surface area contributed by atoms with Gasteiger partial charge in [-0.15, -0.1) is 11.8 Å². The minimum atomic E-state index is -3.87. The van der Waals surface area contributed by atoms with Crippen molar-refractivity contribution in [2.24, 2.45) is 5.14 Å². The van der Waals surface area contributed by atoms with Crippen LogP contribution in [-0.2, 0) is 14.8 Å². The van der Waals surface area contributed by atoms with Gasteiger partial charge >= 0.3 is 0 Å². The normalized spacial score (nSPS) is 12.7. The van der Waals surface area contributed by atoms with Gasteiger partial charge in [0.1, 0.15) is 5.82 Å². The van der Waals surface area contributed by atoms with Gasteiger partial charge in [0.25, 0.3) is 0 Å². The Balaban J connectivity index is 2.08. The smallest absolute Gasteiger partial charge is 0.238 e. The molecule has 5 nitrogen and oxygen atoms in total. The molecule has 1 unspecified atom stereocenters. The third kappa shape index (κ3) is 5.06. The number of anilines is 1. The lowest BCUT2D eigenvalue weighted by molar-refractivity contribution is -0.113. The summed E-state index contributed by atoms with van der Waals surface area (Å²) in [5.74, 6) is -0.499. The Morgan fingerprint density at radius 3 is 2.54 bits per heavy atom. The molecule has 0 radical (unpaired) electrons. The van der Waals surface area contributed by atoms with Gasteiger partial charge in [0.2, 0.25) is 15.9 Å². The fourth-order valence-electron chi connectivity index (χ4n) is 2.40. The van der Waals surface area contributed by atoms with Crippen molar-refractivity contribution in [2.75, 3.05) is 11.1 Å². The van der Waals surface area contributed by atoms with Crippen molar-refractivity contribution in [1.82, 2.24) is 0 Å². The fraction of sp³-hybridized carbons (Fsp3) is 0.278. The molecule has 0 aliphatic rings. The van der Waals surface area contributed by atoms with Crippen LogP contribution in [0.15, 0.2) is 41.3 Å². The van der Waals surface area contributed by atoms with Crippen LogP contribution < -0.4 is 10.5 Å². The summed E-state index contributed by atoms with van der Waals surface area (Å²) in [6.07, 6.45) is 0. The number of sulfonamides is 1. The van der Waals surface area contributed by atoms with Gasteiger partial charge in [0.05, 0.1) is 10.6 Å². The van der Waals surface area contributed by atoms with Crippen LogP contribution in [0.5, 0.6) is 0 Å². The number of primary sulfonamides is 1. The number of carbonyl (C=O) groups is 1. The standard InChI is InChI=1S/C18H21FN2O3S2/c1-11-8-14(26(20,23)24)9-17(12(11)2)21-18(22)10-25-13(3)15-6-4-5-7-16(15)19/h4-9,13H,10H2,1-3H3,(H,21,22)(H2,20,23,24). The topological polar surface area (TPSA) is 89.3 Å². The van der Waals surface area contributed by atoms with Crippen LogP contribution in [0.2, 0.25) is 0 Å². The average molecular weight is 397 g/mol. The molecule has 140 valence electrons. The third-order valence-corrected chi connectivity index (χ3v) is 6.13. The molecule has 0 saturated heterocycles. The molecule has 0 aliphatic heterocycles. The molecule has 0 fully saturated rings. The number of nitrogens with two attached hydrogens (primary N) is 1. The third-order valence-electron chi connectivity index (χ3n) is 4.05. The monoisotopic (exact) mass is 396 g/mol. The molecule has 3 N–H and O–H groups in total. The van der Waals surface area contributed by atoms with Crippen LogP contribution in [0.3, 0.4) is 0 Å². The van der Waals surface area contributed by atoms with E-state index in [1.165, 1.54) is 30.0 Å². The second-order valence-corrected chi connectivity index (χ2v) is 8.87. The summed E-state index contributed by atoms with van der Waals surface area (Å²) >= 11 is 1.30. The van der Waals surface area contributed by atoms with Crippen LogP contribution in [0.1, 0.15) is 28.9 Å². The highest BCUT2D eigenvalue weighted by Gasteiger charge is 2.16. The number of thioether (sulfide) groups is 1. The van der Waals surface area contributed by atoms with E-state index in [1.54, 1.807) is 32.0 Å². The number of benzene rings is 2. The van der Waals surface area contributed by atoms with Gasteiger partial charge < -0.3 is 5.32 Å². The van der Waals surface area contributed by atoms with Gasteiger partial charge in [-0.1, -0.05) is 18.2 Å². The molecule has 1 atom stereocenters. The Morgan fingerprint density at radius 1 is 1.27 bits per heavy atom. The highest BCUT2D eigenvalue weighted by Crippen LogP contribution is 2.30. The molecule has 1 amide bonds. The predicted octanol–water partition coefficient (Wildman–Crippen LogP) is 3.52. The van der Waals surface area contributed by atoms with Crippen molar-refractivity contribution in [1.29, 1.82) is 0 Å². The molecule has 26 heavy (non-hydrogen) atoms. The summed E-state index contributed by atoms with van der Waals surface area (Å²) < 4.78 is 36.9.